The van der Waals surface area contributed by atoms with Gasteiger partial charge in [0, 0.05) is 29.4 Å². The standard InChI is InChI=1S/C11H11NO3S/c13-11(9-5-6-16-7-9)8-1-3-10(4-2-8)12(14)15/h1-4,9H,5-7H2. The second kappa shape index (κ2) is 4.65. The molecule has 0 amide bonds. The van der Waals surface area contributed by atoms with Gasteiger partial charge in [-0.2, -0.15) is 11.8 Å². The Labute approximate surface area is 97.2 Å². The summed E-state index contributed by atoms with van der Waals surface area (Å²) in [5, 5.41) is 10.5. The summed E-state index contributed by atoms with van der Waals surface area (Å²) >= 11 is 1.78. The van der Waals surface area contributed by atoms with E-state index in [2.05, 4.69) is 0 Å². The van der Waals surface area contributed by atoms with Gasteiger partial charge < -0.3 is 0 Å². The molecule has 1 atom stereocenters. The highest BCUT2D eigenvalue weighted by Crippen LogP contribution is 2.27. The number of non-ortho nitro benzene ring substituents is 1. The third-order valence-electron chi connectivity index (χ3n) is 2.66. The van der Waals surface area contributed by atoms with Crippen LogP contribution in [0.15, 0.2) is 24.3 Å². The van der Waals surface area contributed by atoms with Crippen molar-refractivity contribution in [2.75, 3.05) is 11.5 Å². The Morgan fingerprint density at radius 2 is 2.06 bits per heavy atom. The van der Waals surface area contributed by atoms with Gasteiger partial charge in [0.1, 0.15) is 0 Å². The molecule has 5 heteroatoms. The van der Waals surface area contributed by atoms with Gasteiger partial charge in [0.25, 0.3) is 5.69 Å². The number of hydrogen-bond acceptors (Lipinski definition) is 4. The number of nitro groups is 1. The first-order chi connectivity index (χ1) is 7.68. The number of thioether (sulfide) groups is 1. The van der Waals surface area contributed by atoms with Crippen LogP contribution in [-0.4, -0.2) is 22.2 Å². The zero-order valence-corrected chi connectivity index (χ0v) is 9.40. The van der Waals surface area contributed by atoms with Crippen molar-refractivity contribution in [1.82, 2.24) is 0 Å². The van der Waals surface area contributed by atoms with Crippen molar-refractivity contribution in [1.29, 1.82) is 0 Å². The molecule has 84 valence electrons. The van der Waals surface area contributed by atoms with E-state index < -0.39 is 4.92 Å². The van der Waals surface area contributed by atoms with Crippen LogP contribution in [0.25, 0.3) is 0 Å². The summed E-state index contributed by atoms with van der Waals surface area (Å²) in [5.74, 6) is 2.10. The van der Waals surface area contributed by atoms with Crippen LogP contribution in [0.1, 0.15) is 16.8 Å². The van der Waals surface area contributed by atoms with E-state index in [1.165, 1.54) is 12.1 Å². The van der Waals surface area contributed by atoms with E-state index in [-0.39, 0.29) is 17.4 Å². The molecule has 0 aromatic heterocycles. The largest absolute Gasteiger partial charge is 0.294 e. The highest BCUT2D eigenvalue weighted by atomic mass is 32.2. The Bertz CT molecular complexity index is 410. The van der Waals surface area contributed by atoms with Crippen molar-refractivity contribution >= 4 is 23.2 Å². The van der Waals surface area contributed by atoms with Gasteiger partial charge in [0.2, 0.25) is 0 Å². The lowest BCUT2D eigenvalue weighted by atomic mass is 9.97. The minimum Gasteiger partial charge on any atom is -0.294 e. The maximum absolute atomic E-state index is 11.9. The predicted molar refractivity (Wildman–Crippen MR) is 62.9 cm³/mol. The van der Waals surface area contributed by atoms with Crippen LogP contribution < -0.4 is 0 Å². The second-order valence-electron chi connectivity index (χ2n) is 3.73. The molecule has 0 bridgehead atoms. The van der Waals surface area contributed by atoms with Crippen LogP contribution in [0, 0.1) is 16.0 Å². The van der Waals surface area contributed by atoms with E-state index in [0.717, 1.165) is 17.9 Å². The molecule has 1 aliphatic rings. The fourth-order valence-electron chi connectivity index (χ4n) is 1.72. The third-order valence-corrected chi connectivity index (χ3v) is 3.83. The first kappa shape index (κ1) is 11.1. The average molecular weight is 237 g/mol. The van der Waals surface area contributed by atoms with Crippen molar-refractivity contribution in [2.24, 2.45) is 5.92 Å². The summed E-state index contributed by atoms with van der Waals surface area (Å²) in [6.45, 7) is 0. The molecule has 1 heterocycles. The molecule has 1 fully saturated rings. The number of carbonyl (C=O) groups is 1. The Kier molecular flexibility index (Phi) is 3.24. The highest BCUT2D eigenvalue weighted by Gasteiger charge is 2.24. The monoisotopic (exact) mass is 237 g/mol. The van der Waals surface area contributed by atoms with Gasteiger partial charge in [-0.25, -0.2) is 0 Å². The number of nitro benzene ring substituents is 1. The van der Waals surface area contributed by atoms with E-state index >= 15 is 0 Å². The molecular formula is C11H11NO3S. The molecule has 1 aromatic carbocycles. The number of carbonyl (C=O) groups excluding carboxylic acids is 1. The molecule has 4 nitrogen and oxygen atoms in total. The van der Waals surface area contributed by atoms with Crippen LogP contribution in [0.5, 0.6) is 0 Å². The van der Waals surface area contributed by atoms with Gasteiger partial charge in [-0.1, -0.05) is 0 Å². The first-order valence-corrected chi connectivity index (χ1v) is 6.20. The molecule has 0 saturated carbocycles. The number of benzene rings is 1. The molecule has 0 radical (unpaired) electrons. The van der Waals surface area contributed by atoms with Crippen molar-refractivity contribution < 1.29 is 9.72 Å². The highest BCUT2D eigenvalue weighted by molar-refractivity contribution is 7.99. The van der Waals surface area contributed by atoms with Crippen molar-refractivity contribution in [2.45, 2.75) is 6.42 Å². The van der Waals surface area contributed by atoms with Crippen molar-refractivity contribution in [3.63, 3.8) is 0 Å². The summed E-state index contributed by atoms with van der Waals surface area (Å²) in [7, 11) is 0. The number of hydrogen-bond donors (Lipinski definition) is 0. The lowest BCUT2D eigenvalue weighted by Crippen LogP contribution is -2.13. The maximum atomic E-state index is 11.9. The number of nitrogens with zero attached hydrogens (tertiary/aromatic N) is 1. The van der Waals surface area contributed by atoms with Gasteiger partial charge in [0.15, 0.2) is 5.78 Å². The predicted octanol–water partition coefficient (Wildman–Crippen LogP) is 2.53. The Balaban J connectivity index is 2.14. The van der Waals surface area contributed by atoms with Crippen LogP contribution in [-0.2, 0) is 0 Å². The molecule has 1 aromatic rings. The number of rotatable bonds is 3. The number of Topliss-reactive ketones (excluding diaryl/α,β-unsaturated/α-hetero) is 1. The molecule has 1 saturated heterocycles. The average Bonchev–Trinajstić information content (AvgIpc) is 2.81. The van der Waals surface area contributed by atoms with E-state index in [0.29, 0.717) is 5.56 Å². The molecule has 2 rings (SSSR count). The molecular weight excluding hydrogens is 226 g/mol. The minimum absolute atomic E-state index is 0.0253. The van der Waals surface area contributed by atoms with Crippen LogP contribution in [0.3, 0.4) is 0 Å². The summed E-state index contributed by atoms with van der Waals surface area (Å²) in [4.78, 5) is 21.9. The van der Waals surface area contributed by atoms with Gasteiger partial charge in [-0.05, 0) is 24.3 Å². The summed E-state index contributed by atoms with van der Waals surface area (Å²) in [5.41, 5.74) is 0.607. The van der Waals surface area contributed by atoms with Crippen LogP contribution >= 0.6 is 11.8 Å². The Morgan fingerprint density at radius 1 is 1.38 bits per heavy atom. The fourth-order valence-corrected chi connectivity index (χ4v) is 2.94. The zero-order chi connectivity index (χ0) is 11.5. The Morgan fingerprint density at radius 3 is 2.56 bits per heavy atom. The molecule has 1 unspecified atom stereocenters. The summed E-state index contributed by atoms with van der Waals surface area (Å²) in [6, 6.07) is 5.86. The van der Waals surface area contributed by atoms with Crippen molar-refractivity contribution in [3.8, 4) is 0 Å². The van der Waals surface area contributed by atoms with E-state index in [9.17, 15) is 14.9 Å². The second-order valence-corrected chi connectivity index (χ2v) is 4.88. The van der Waals surface area contributed by atoms with Gasteiger partial charge in [-0.3, -0.25) is 14.9 Å². The Hall–Kier alpha value is -1.36. The lowest BCUT2D eigenvalue weighted by Gasteiger charge is -2.06. The zero-order valence-electron chi connectivity index (χ0n) is 8.59. The first-order valence-electron chi connectivity index (χ1n) is 5.05. The van der Waals surface area contributed by atoms with Gasteiger partial charge >= 0.3 is 0 Å². The molecule has 0 N–H and O–H groups in total. The maximum Gasteiger partial charge on any atom is 0.269 e. The van der Waals surface area contributed by atoms with Crippen LogP contribution in [0.2, 0.25) is 0 Å². The van der Waals surface area contributed by atoms with Crippen LogP contribution in [0.4, 0.5) is 5.69 Å². The fraction of sp³-hybridized carbons (Fsp3) is 0.364. The molecule has 0 spiro atoms. The van der Waals surface area contributed by atoms with Gasteiger partial charge in [0.05, 0.1) is 4.92 Å². The molecule has 16 heavy (non-hydrogen) atoms. The third kappa shape index (κ3) is 2.24. The SMILES string of the molecule is O=C(c1ccc([N+](=O)[O-])cc1)C1CCSC1. The van der Waals surface area contributed by atoms with Crippen molar-refractivity contribution in [3.05, 3.63) is 39.9 Å². The number of ketones is 1. The minimum atomic E-state index is -0.459. The normalized spacial score (nSPS) is 19.6. The lowest BCUT2D eigenvalue weighted by molar-refractivity contribution is -0.384. The molecule has 1 aliphatic heterocycles. The van der Waals surface area contributed by atoms with E-state index in [4.69, 9.17) is 0 Å². The van der Waals surface area contributed by atoms with Gasteiger partial charge in [-0.15, -0.1) is 0 Å². The van der Waals surface area contributed by atoms with E-state index in [1.807, 2.05) is 0 Å². The summed E-state index contributed by atoms with van der Waals surface area (Å²) in [6.07, 6.45) is 0.917. The molecule has 0 aliphatic carbocycles. The smallest absolute Gasteiger partial charge is 0.269 e. The van der Waals surface area contributed by atoms with E-state index in [1.54, 1.807) is 23.9 Å². The topological polar surface area (TPSA) is 60.2 Å². The summed E-state index contributed by atoms with van der Waals surface area (Å²) < 4.78 is 0. The quantitative estimate of drug-likeness (QED) is 0.460.